The first-order valence-electron chi connectivity index (χ1n) is 13.8. The minimum absolute atomic E-state index is 0.0598. The molecule has 8 atom stereocenters. The molecule has 0 amide bonds. The fourth-order valence-corrected chi connectivity index (χ4v) is 4.84. The van der Waals surface area contributed by atoms with Crippen molar-refractivity contribution in [2.24, 2.45) is 29.6 Å². The standard InChI is InChI=1S/C30H58O5/c1-11-25(13-12-19(2)3)30(34)23(8)16-21(6)15-22(7)27(32)17-26(31)18-28(33)24(9)29(35-10)14-20(4)5/h13,15,19-21,23-24,26-34H,11-12,14,16-18H2,1-10H3/b22-15+,25-13+/t21-,23?,24-,26+,27+,28+,29+,30+/m1/s1. The summed E-state index contributed by atoms with van der Waals surface area (Å²) < 4.78 is 5.56. The van der Waals surface area contributed by atoms with Crippen LogP contribution in [-0.4, -0.2) is 58.1 Å². The zero-order valence-electron chi connectivity index (χ0n) is 24.4. The number of aliphatic hydroxyl groups excluding tert-OH is 4. The first-order valence-corrected chi connectivity index (χ1v) is 13.8. The zero-order chi connectivity index (χ0) is 27.3. The third-order valence-electron chi connectivity index (χ3n) is 7.20. The van der Waals surface area contributed by atoms with E-state index in [4.69, 9.17) is 4.74 Å². The average molecular weight is 499 g/mol. The fraction of sp³-hybridized carbons (Fsp3) is 0.867. The van der Waals surface area contributed by atoms with Crippen LogP contribution in [0.2, 0.25) is 0 Å². The van der Waals surface area contributed by atoms with E-state index in [1.54, 1.807) is 7.11 Å². The predicted octanol–water partition coefficient (Wildman–Crippen LogP) is 5.90. The number of hydrogen-bond acceptors (Lipinski definition) is 5. The first kappa shape index (κ1) is 34.3. The van der Waals surface area contributed by atoms with Gasteiger partial charge < -0.3 is 25.2 Å². The van der Waals surface area contributed by atoms with E-state index in [1.807, 2.05) is 19.9 Å². The Labute approximate surface area is 216 Å². The number of ether oxygens (including phenoxy) is 1. The van der Waals surface area contributed by atoms with Gasteiger partial charge in [0.2, 0.25) is 0 Å². The van der Waals surface area contributed by atoms with E-state index in [-0.39, 0.29) is 36.7 Å². The molecule has 0 aliphatic carbocycles. The van der Waals surface area contributed by atoms with E-state index in [9.17, 15) is 20.4 Å². The van der Waals surface area contributed by atoms with Crippen molar-refractivity contribution < 1.29 is 25.2 Å². The summed E-state index contributed by atoms with van der Waals surface area (Å²) >= 11 is 0. The van der Waals surface area contributed by atoms with Crippen LogP contribution in [0.4, 0.5) is 0 Å². The predicted molar refractivity (Wildman–Crippen MR) is 147 cm³/mol. The monoisotopic (exact) mass is 498 g/mol. The van der Waals surface area contributed by atoms with Gasteiger partial charge in [-0.05, 0) is 73.8 Å². The molecule has 0 spiro atoms. The lowest BCUT2D eigenvalue weighted by Gasteiger charge is -2.30. The van der Waals surface area contributed by atoms with E-state index in [0.717, 1.165) is 36.8 Å². The van der Waals surface area contributed by atoms with Crippen molar-refractivity contribution in [2.45, 2.75) is 131 Å². The van der Waals surface area contributed by atoms with Gasteiger partial charge in [0.1, 0.15) is 0 Å². The van der Waals surface area contributed by atoms with Gasteiger partial charge in [-0.3, -0.25) is 0 Å². The summed E-state index contributed by atoms with van der Waals surface area (Å²) in [5.74, 6) is 1.25. The van der Waals surface area contributed by atoms with Crippen LogP contribution in [0.25, 0.3) is 0 Å². The minimum atomic E-state index is -0.795. The lowest BCUT2D eigenvalue weighted by Crippen LogP contribution is -2.35. The summed E-state index contributed by atoms with van der Waals surface area (Å²) in [5.41, 5.74) is 1.93. The number of methoxy groups -OCH3 is 1. The van der Waals surface area contributed by atoms with Crippen LogP contribution in [-0.2, 0) is 4.74 Å². The van der Waals surface area contributed by atoms with Crippen molar-refractivity contribution in [3.63, 3.8) is 0 Å². The summed E-state index contributed by atoms with van der Waals surface area (Å²) in [6.45, 7) is 18.7. The highest BCUT2D eigenvalue weighted by atomic mass is 16.5. The second kappa shape index (κ2) is 17.7. The van der Waals surface area contributed by atoms with Gasteiger partial charge in [-0.25, -0.2) is 0 Å². The van der Waals surface area contributed by atoms with Crippen LogP contribution in [0.15, 0.2) is 23.3 Å². The largest absolute Gasteiger partial charge is 0.393 e. The Morgan fingerprint density at radius 3 is 1.91 bits per heavy atom. The summed E-state index contributed by atoms with van der Waals surface area (Å²) in [4.78, 5) is 0. The molecule has 5 nitrogen and oxygen atoms in total. The Kier molecular flexibility index (Phi) is 17.3. The molecule has 208 valence electrons. The smallest absolute Gasteiger partial charge is 0.0775 e. The maximum atomic E-state index is 10.8. The van der Waals surface area contributed by atoms with Gasteiger partial charge in [-0.2, -0.15) is 0 Å². The molecule has 0 aromatic rings. The summed E-state index contributed by atoms with van der Waals surface area (Å²) in [7, 11) is 1.66. The topological polar surface area (TPSA) is 90.2 Å². The van der Waals surface area contributed by atoms with Crippen LogP contribution in [0.5, 0.6) is 0 Å². The Hall–Kier alpha value is -0.720. The van der Waals surface area contributed by atoms with Crippen LogP contribution >= 0.6 is 0 Å². The van der Waals surface area contributed by atoms with Crippen LogP contribution in [0.3, 0.4) is 0 Å². The van der Waals surface area contributed by atoms with Gasteiger partial charge in [0.05, 0.1) is 30.5 Å². The van der Waals surface area contributed by atoms with Gasteiger partial charge in [0.25, 0.3) is 0 Å². The molecule has 0 saturated carbocycles. The second-order valence-corrected chi connectivity index (χ2v) is 11.8. The van der Waals surface area contributed by atoms with Crippen molar-refractivity contribution >= 4 is 0 Å². The maximum Gasteiger partial charge on any atom is 0.0775 e. The molecule has 0 aromatic carbocycles. The molecular weight excluding hydrogens is 440 g/mol. The van der Waals surface area contributed by atoms with Crippen LogP contribution < -0.4 is 0 Å². The van der Waals surface area contributed by atoms with Gasteiger partial charge >= 0.3 is 0 Å². The summed E-state index contributed by atoms with van der Waals surface area (Å²) in [5, 5.41) is 42.6. The van der Waals surface area contributed by atoms with Crippen molar-refractivity contribution in [1.82, 2.24) is 0 Å². The number of rotatable bonds is 18. The first-order chi connectivity index (χ1) is 16.2. The molecule has 0 rings (SSSR count). The van der Waals surface area contributed by atoms with Gasteiger partial charge in [0.15, 0.2) is 0 Å². The van der Waals surface area contributed by atoms with E-state index in [0.29, 0.717) is 11.8 Å². The second-order valence-electron chi connectivity index (χ2n) is 11.8. The molecule has 0 saturated heterocycles. The molecule has 0 aliphatic heterocycles. The normalized spacial score (nSPS) is 20.5. The van der Waals surface area contributed by atoms with Crippen LogP contribution in [0, 0.1) is 29.6 Å². The quantitative estimate of drug-likeness (QED) is 0.177. The maximum absolute atomic E-state index is 10.8. The van der Waals surface area contributed by atoms with Gasteiger partial charge in [0, 0.05) is 19.4 Å². The fourth-order valence-electron chi connectivity index (χ4n) is 4.84. The highest BCUT2D eigenvalue weighted by Crippen LogP contribution is 2.26. The zero-order valence-corrected chi connectivity index (χ0v) is 24.4. The van der Waals surface area contributed by atoms with Gasteiger partial charge in [-0.1, -0.05) is 67.5 Å². The third kappa shape index (κ3) is 14.0. The van der Waals surface area contributed by atoms with E-state index in [1.165, 1.54) is 0 Å². The number of aliphatic hydroxyl groups is 4. The Morgan fingerprint density at radius 1 is 0.829 bits per heavy atom. The highest BCUT2D eigenvalue weighted by molar-refractivity contribution is 5.11. The lowest BCUT2D eigenvalue weighted by atomic mass is 9.86. The molecule has 0 radical (unpaired) electrons. The van der Waals surface area contributed by atoms with Crippen LogP contribution in [0.1, 0.15) is 101 Å². The Balaban J connectivity index is 4.87. The molecule has 35 heavy (non-hydrogen) atoms. The number of allylic oxidation sites excluding steroid dienone is 2. The molecule has 0 aromatic heterocycles. The highest BCUT2D eigenvalue weighted by Gasteiger charge is 2.28. The van der Waals surface area contributed by atoms with Gasteiger partial charge in [-0.15, -0.1) is 0 Å². The third-order valence-corrected chi connectivity index (χ3v) is 7.20. The van der Waals surface area contributed by atoms with Crippen molar-refractivity contribution in [1.29, 1.82) is 0 Å². The SMILES string of the molecule is CC/C(=C\CC(C)C)[C@@H](O)C(C)C[C@H](C)/C=C(\C)[C@@H](O)C[C@H](O)C[C@H](O)[C@@H](C)[C@H](CC(C)C)OC. The summed E-state index contributed by atoms with van der Waals surface area (Å²) in [6.07, 6.45) is 5.39. The summed E-state index contributed by atoms with van der Waals surface area (Å²) in [6, 6.07) is 0. The number of hydrogen-bond donors (Lipinski definition) is 4. The van der Waals surface area contributed by atoms with Crippen molar-refractivity contribution in [2.75, 3.05) is 7.11 Å². The van der Waals surface area contributed by atoms with E-state index in [2.05, 4.69) is 54.5 Å². The van der Waals surface area contributed by atoms with Crippen molar-refractivity contribution in [3.05, 3.63) is 23.3 Å². The Morgan fingerprint density at radius 2 is 1.43 bits per heavy atom. The molecule has 0 heterocycles. The lowest BCUT2D eigenvalue weighted by molar-refractivity contribution is -0.0369. The van der Waals surface area contributed by atoms with Crippen molar-refractivity contribution in [3.8, 4) is 0 Å². The van der Waals surface area contributed by atoms with E-state index >= 15 is 0 Å². The molecule has 0 bridgehead atoms. The Bertz CT molecular complexity index is 612. The molecule has 4 N–H and O–H groups in total. The molecule has 0 fully saturated rings. The average Bonchev–Trinajstić information content (AvgIpc) is 2.76. The van der Waals surface area contributed by atoms with E-state index < -0.39 is 24.4 Å². The molecule has 1 unspecified atom stereocenters. The molecule has 0 aliphatic rings. The minimum Gasteiger partial charge on any atom is -0.393 e. The molecule has 5 heteroatoms. The molecular formula is C30H58O5.